The number of carboxylic acids is 1. The van der Waals surface area contributed by atoms with E-state index in [1.807, 2.05) is 0 Å². The van der Waals surface area contributed by atoms with Crippen molar-refractivity contribution < 1.29 is 14.7 Å². The third kappa shape index (κ3) is 4.11. The highest BCUT2D eigenvalue weighted by Gasteiger charge is 2.38. The number of nitrogens with one attached hydrogen (secondary N) is 1. The molecule has 0 radical (unpaired) electrons. The van der Waals surface area contributed by atoms with Crippen LogP contribution in [0.2, 0.25) is 0 Å². The van der Waals surface area contributed by atoms with Crippen LogP contribution in [0.25, 0.3) is 0 Å². The molecule has 0 spiro atoms. The molecule has 0 saturated heterocycles. The zero-order chi connectivity index (χ0) is 16.0. The van der Waals surface area contributed by atoms with E-state index in [0.29, 0.717) is 12.8 Å². The van der Waals surface area contributed by atoms with Crippen LogP contribution in [-0.4, -0.2) is 40.6 Å². The molecule has 5 nitrogen and oxygen atoms in total. The predicted molar refractivity (Wildman–Crippen MR) is 83.3 cm³/mol. The molecule has 1 rings (SSSR count). The molecule has 1 aliphatic rings. The van der Waals surface area contributed by atoms with E-state index in [1.165, 1.54) is 6.42 Å². The fourth-order valence-corrected chi connectivity index (χ4v) is 3.18. The molecule has 0 aliphatic heterocycles. The Bertz CT molecular complexity index is 359. The number of nitrogens with zero attached hydrogens (tertiary/aromatic N) is 1. The average molecular weight is 298 g/mol. The second kappa shape index (κ2) is 7.66. The molecule has 21 heavy (non-hydrogen) atoms. The van der Waals surface area contributed by atoms with Gasteiger partial charge in [-0.05, 0) is 44.4 Å². The van der Waals surface area contributed by atoms with Gasteiger partial charge in [0.15, 0.2) is 0 Å². The van der Waals surface area contributed by atoms with Gasteiger partial charge in [0.25, 0.3) is 0 Å². The third-order valence-corrected chi connectivity index (χ3v) is 5.22. The lowest BCUT2D eigenvalue weighted by Crippen LogP contribution is -2.58. The zero-order valence-electron chi connectivity index (χ0n) is 13.8. The number of urea groups is 1. The van der Waals surface area contributed by atoms with Gasteiger partial charge in [-0.1, -0.05) is 27.2 Å². The van der Waals surface area contributed by atoms with Crippen molar-refractivity contribution in [3.05, 3.63) is 0 Å². The van der Waals surface area contributed by atoms with E-state index < -0.39 is 11.5 Å². The molecule has 122 valence electrons. The van der Waals surface area contributed by atoms with Crippen LogP contribution < -0.4 is 5.32 Å². The number of amides is 2. The summed E-state index contributed by atoms with van der Waals surface area (Å²) in [4.78, 5) is 25.6. The minimum atomic E-state index is -1.15. The van der Waals surface area contributed by atoms with Gasteiger partial charge >= 0.3 is 12.0 Å². The Labute approximate surface area is 128 Å². The molecular formula is C16H30N2O3. The van der Waals surface area contributed by atoms with Gasteiger partial charge in [-0.2, -0.15) is 0 Å². The molecular weight excluding hydrogens is 268 g/mol. The monoisotopic (exact) mass is 298 g/mol. The molecule has 0 bridgehead atoms. The molecule has 0 aromatic carbocycles. The second-order valence-electron chi connectivity index (χ2n) is 6.22. The topological polar surface area (TPSA) is 69.6 Å². The Kier molecular flexibility index (Phi) is 6.49. The summed E-state index contributed by atoms with van der Waals surface area (Å²) in [7, 11) is 1.78. The minimum Gasteiger partial charge on any atom is -0.480 e. The van der Waals surface area contributed by atoms with Gasteiger partial charge in [0.1, 0.15) is 5.54 Å². The van der Waals surface area contributed by atoms with Crippen molar-refractivity contribution in [2.45, 2.75) is 77.3 Å². The molecule has 0 heterocycles. The summed E-state index contributed by atoms with van der Waals surface area (Å²) in [6.45, 7) is 5.81. The molecule has 2 amide bonds. The zero-order valence-corrected chi connectivity index (χ0v) is 13.8. The van der Waals surface area contributed by atoms with Gasteiger partial charge in [-0.15, -0.1) is 0 Å². The van der Waals surface area contributed by atoms with Gasteiger partial charge < -0.3 is 15.3 Å². The Morgan fingerprint density at radius 1 is 1.14 bits per heavy atom. The summed E-state index contributed by atoms with van der Waals surface area (Å²) in [5.41, 5.74) is -1.15. The standard InChI is InChI=1S/C16H30N2O3/c1-5-12-8-10-13(11-9-12)18(4)15(21)17-16(6-2,7-3)14(19)20/h12-13H,5-11H2,1-4H3,(H,17,21)(H,19,20). The maximum atomic E-state index is 12.4. The van der Waals surface area contributed by atoms with Crippen LogP contribution in [0.5, 0.6) is 0 Å². The maximum absolute atomic E-state index is 12.4. The van der Waals surface area contributed by atoms with Crippen LogP contribution in [0.15, 0.2) is 0 Å². The summed E-state index contributed by atoms with van der Waals surface area (Å²) < 4.78 is 0. The molecule has 5 heteroatoms. The fraction of sp³-hybridized carbons (Fsp3) is 0.875. The quantitative estimate of drug-likeness (QED) is 0.791. The summed E-state index contributed by atoms with van der Waals surface area (Å²) in [6, 6.07) is -0.0333. The Morgan fingerprint density at radius 2 is 1.67 bits per heavy atom. The molecule has 0 unspecified atom stereocenters. The molecule has 1 aliphatic carbocycles. The lowest BCUT2D eigenvalue weighted by atomic mass is 9.84. The molecule has 0 aromatic rings. The SMILES string of the molecule is CCC1CCC(N(C)C(=O)NC(CC)(CC)C(=O)O)CC1. The van der Waals surface area contributed by atoms with E-state index >= 15 is 0 Å². The largest absolute Gasteiger partial charge is 0.480 e. The summed E-state index contributed by atoms with van der Waals surface area (Å²) in [5.74, 6) is -0.175. The number of rotatable bonds is 6. The van der Waals surface area contributed by atoms with Crippen molar-refractivity contribution in [2.24, 2.45) is 5.92 Å². The highest BCUT2D eigenvalue weighted by Crippen LogP contribution is 2.29. The smallest absolute Gasteiger partial charge is 0.329 e. The van der Waals surface area contributed by atoms with Crippen LogP contribution in [0.4, 0.5) is 4.79 Å². The van der Waals surface area contributed by atoms with E-state index in [-0.39, 0.29) is 12.1 Å². The van der Waals surface area contributed by atoms with Gasteiger partial charge in [0.05, 0.1) is 0 Å². The maximum Gasteiger partial charge on any atom is 0.329 e. The molecule has 0 atom stereocenters. The van der Waals surface area contributed by atoms with Gasteiger partial charge in [-0.25, -0.2) is 9.59 Å². The van der Waals surface area contributed by atoms with Crippen molar-refractivity contribution in [1.29, 1.82) is 0 Å². The first kappa shape index (κ1) is 17.8. The number of aliphatic carboxylic acids is 1. The van der Waals surface area contributed by atoms with Gasteiger partial charge in [0.2, 0.25) is 0 Å². The first-order valence-electron chi connectivity index (χ1n) is 8.18. The van der Waals surface area contributed by atoms with Crippen LogP contribution >= 0.6 is 0 Å². The number of carbonyl (C=O) groups is 2. The van der Waals surface area contributed by atoms with E-state index in [1.54, 1.807) is 25.8 Å². The first-order valence-corrected chi connectivity index (χ1v) is 8.18. The molecule has 1 saturated carbocycles. The van der Waals surface area contributed by atoms with Crippen molar-refractivity contribution in [1.82, 2.24) is 10.2 Å². The van der Waals surface area contributed by atoms with E-state index in [4.69, 9.17) is 0 Å². The average Bonchev–Trinajstić information content (AvgIpc) is 2.51. The minimum absolute atomic E-state index is 0.230. The third-order valence-electron chi connectivity index (χ3n) is 5.22. The summed E-state index contributed by atoms with van der Waals surface area (Å²) in [6.07, 6.45) is 6.33. The number of carboxylic acid groups (broad SMARTS) is 1. The van der Waals surface area contributed by atoms with Gasteiger partial charge in [0, 0.05) is 13.1 Å². The normalized spacial score (nSPS) is 22.7. The summed E-state index contributed by atoms with van der Waals surface area (Å²) >= 11 is 0. The van der Waals surface area contributed by atoms with Crippen molar-refractivity contribution in [3.63, 3.8) is 0 Å². The van der Waals surface area contributed by atoms with Crippen LogP contribution in [0, 0.1) is 5.92 Å². The lowest BCUT2D eigenvalue weighted by molar-refractivity contribution is -0.144. The van der Waals surface area contributed by atoms with Crippen LogP contribution in [0.1, 0.15) is 65.7 Å². The number of hydrogen-bond donors (Lipinski definition) is 2. The Morgan fingerprint density at radius 3 is 2.05 bits per heavy atom. The highest BCUT2D eigenvalue weighted by molar-refractivity contribution is 5.86. The first-order chi connectivity index (χ1) is 9.90. The van der Waals surface area contributed by atoms with Crippen molar-refractivity contribution >= 4 is 12.0 Å². The number of carbonyl (C=O) groups excluding carboxylic acids is 1. The van der Waals surface area contributed by atoms with Crippen LogP contribution in [-0.2, 0) is 4.79 Å². The van der Waals surface area contributed by atoms with E-state index in [0.717, 1.165) is 31.6 Å². The lowest BCUT2D eigenvalue weighted by Gasteiger charge is -2.37. The van der Waals surface area contributed by atoms with E-state index in [2.05, 4.69) is 12.2 Å². The van der Waals surface area contributed by atoms with Gasteiger partial charge in [-0.3, -0.25) is 0 Å². The summed E-state index contributed by atoms with van der Waals surface area (Å²) in [5, 5.41) is 12.1. The molecule has 0 aromatic heterocycles. The fourth-order valence-electron chi connectivity index (χ4n) is 3.18. The Hall–Kier alpha value is -1.26. The van der Waals surface area contributed by atoms with Crippen molar-refractivity contribution in [2.75, 3.05) is 7.05 Å². The second-order valence-corrected chi connectivity index (χ2v) is 6.22. The number of hydrogen-bond acceptors (Lipinski definition) is 2. The van der Waals surface area contributed by atoms with Crippen molar-refractivity contribution in [3.8, 4) is 0 Å². The highest BCUT2D eigenvalue weighted by atomic mass is 16.4. The Balaban J connectivity index is 2.64. The molecule has 2 N–H and O–H groups in total. The van der Waals surface area contributed by atoms with Crippen LogP contribution in [0.3, 0.4) is 0 Å². The van der Waals surface area contributed by atoms with E-state index in [9.17, 15) is 14.7 Å². The molecule has 1 fully saturated rings. The predicted octanol–water partition coefficient (Wildman–Crippen LogP) is 3.24.